The molecule has 0 amide bonds. The second-order valence-corrected chi connectivity index (χ2v) is 7.20. The average Bonchev–Trinajstić information content (AvgIpc) is 2.72. The van der Waals surface area contributed by atoms with Crippen LogP contribution in [0.15, 0.2) is 71.7 Å². The summed E-state index contributed by atoms with van der Waals surface area (Å²) >= 11 is 0. The van der Waals surface area contributed by atoms with Crippen molar-refractivity contribution < 1.29 is 4.79 Å². The normalized spacial score (nSPS) is 11.0. The number of pyridine rings is 2. The van der Waals surface area contributed by atoms with Gasteiger partial charge in [0, 0.05) is 17.1 Å². The maximum atomic E-state index is 13.2. The van der Waals surface area contributed by atoms with Crippen molar-refractivity contribution in [3.8, 4) is 0 Å². The highest BCUT2D eigenvalue weighted by atomic mass is 16.1. The van der Waals surface area contributed by atoms with E-state index in [-0.39, 0.29) is 16.8 Å². The fraction of sp³-hybridized carbons (Fsp3) is 0.125. The molecule has 0 spiro atoms. The molecule has 4 rings (SSSR count). The quantitative estimate of drug-likeness (QED) is 0.543. The summed E-state index contributed by atoms with van der Waals surface area (Å²) in [6, 6.07) is 18.2. The zero-order chi connectivity index (χ0) is 20.5. The number of anilines is 1. The van der Waals surface area contributed by atoms with Crippen molar-refractivity contribution in [2.75, 3.05) is 5.73 Å². The van der Waals surface area contributed by atoms with Crippen LogP contribution in [-0.2, 0) is 6.54 Å². The first-order valence-corrected chi connectivity index (χ1v) is 9.39. The van der Waals surface area contributed by atoms with Gasteiger partial charge in [-0.1, -0.05) is 30.3 Å². The van der Waals surface area contributed by atoms with Crippen LogP contribution in [0.1, 0.15) is 32.7 Å². The summed E-state index contributed by atoms with van der Waals surface area (Å²) in [5, 5.41) is 0.506. The van der Waals surface area contributed by atoms with E-state index in [1.54, 1.807) is 30.5 Å². The molecule has 2 N–H and O–H groups in total. The molecule has 2 aromatic carbocycles. The lowest BCUT2D eigenvalue weighted by molar-refractivity contribution is 0.103. The van der Waals surface area contributed by atoms with Crippen molar-refractivity contribution in [2.45, 2.75) is 20.4 Å². The lowest BCUT2D eigenvalue weighted by Crippen LogP contribution is -2.20. The molecule has 0 bridgehead atoms. The summed E-state index contributed by atoms with van der Waals surface area (Å²) in [6.07, 6.45) is 1.63. The first-order valence-electron chi connectivity index (χ1n) is 9.39. The Morgan fingerprint density at radius 1 is 1.00 bits per heavy atom. The second kappa shape index (κ2) is 7.36. The number of fused-ring (bicyclic) bond motifs is 1. The Bertz CT molecular complexity index is 1310. The van der Waals surface area contributed by atoms with Crippen LogP contribution < -0.4 is 11.2 Å². The van der Waals surface area contributed by atoms with E-state index >= 15 is 0 Å². The summed E-state index contributed by atoms with van der Waals surface area (Å²) in [5.74, 6) is 0.150. The molecule has 0 fully saturated rings. The van der Waals surface area contributed by atoms with Crippen LogP contribution in [0.4, 0.5) is 5.82 Å². The molecule has 0 aliphatic heterocycles. The molecule has 0 aliphatic carbocycles. The van der Waals surface area contributed by atoms with Gasteiger partial charge < -0.3 is 10.3 Å². The van der Waals surface area contributed by atoms with Crippen LogP contribution in [0.2, 0.25) is 0 Å². The predicted molar refractivity (Wildman–Crippen MR) is 115 cm³/mol. The molecule has 0 radical (unpaired) electrons. The molecule has 29 heavy (non-hydrogen) atoms. The summed E-state index contributed by atoms with van der Waals surface area (Å²) in [7, 11) is 0. The van der Waals surface area contributed by atoms with Gasteiger partial charge in [0.05, 0.1) is 23.3 Å². The zero-order valence-corrected chi connectivity index (χ0v) is 16.3. The van der Waals surface area contributed by atoms with E-state index in [2.05, 4.69) is 4.98 Å². The van der Waals surface area contributed by atoms with Crippen molar-refractivity contribution >= 4 is 22.5 Å². The number of hydrogen-bond acceptors (Lipinski definition) is 4. The average molecular weight is 383 g/mol. The molecular formula is C24H21N3O2. The molecule has 0 unspecified atom stereocenters. The molecule has 0 aliphatic rings. The van der Waals surface area contributed by atoms with E-state index in [9.17, 15) is 9.59 Å². The number of hydrogen-bond donors (Lipinski definition) is 1. The van der Waals surface area contributed by atoms with Gasteiger partial charge in [0.2, 0.25) is 5.43 Å². The molecule has 5 heteroatoms. The van der Waals surface area contributed by atoms with Crippen LogP contribution in [0.25, 0.3) is 10.9 Å². The molecular weight excluding hydrogens is 362 g/mol. The van der Waals surface area contributed by atoms with Crippen LogP contribution in [0.5, 0.6) is 0 Å². The van der Waals surface area contributed by atoms with E-state index < -0.39 is 0 Å². The van der Waals surface area contributed by atoms with E-state index in [1.165, 1.54) is 0 Å². The van der Waals surface area contributed by atoms with Crippen LogP contribution in [0.3, 0.4) is 0 Å². The molecule has 144 valence electrons. The molecule has 2 heterocycles. The molecule has 0 saturated carbocycles. The fourth-order valence-corrected chi connectivity index (χ4v) is 3.44. The lowest BCUT2D eigenvalue weighted by atomic mass is 9.99. The molecule has 5 nitrogen and oxygen atoms in total. The van der Waals surface area contributed by atoms with Crippen molar-refractivity contribution in [2.24, 2.45) is 0 Å². The highest BCUT2D eigenvalue weighted by Crippen LogP contribution is 2.17. The number of rotatable bonds is 4. The van der Waals surface area contributed by atoms with Crippen molar-refractivity contribution in [3.63, 3.8) is 0 Å². The van der Waals surface area contributed by atoms with E-state index in [1.807, 2.05) is 54.8 Å². The van der Waals surface area contributed by atoms with Crippen molar-refractivity contribution in [3.05, 3.63) is 105 Å². The third kappa shape index (κ3) is 3.55. The van der Waals surface area contributed by atoms with Gasteiger partial charge in [-0.2, -0.15) is 0 Å². The van der Waals surface area contributed by atoms with Gasteiger partial charge in [-0.15, -0.1) is 0 Å². The van der Waals surface area contributed by atoms with Crippen molar-refractivity contribution in [1.82, 2.24) is 9.55 Å². The number of carbonyl (C=O) groups is 1. The SMILES string of the molecule is Cc1ccc(C(=O)c2cn(Cc3cccc(N)n3)c3ccccc3c2=O)cc1C. The number of nitrogens with two attached hydrogens (primary N) is 1. The monoisotopic (exact) mass is 383 g/mol. The van der Waals surface area contributed by atoms with Gasteiger partial charge in [0.1, 0.15) is 5.82 Å². The minimum atomic E-state index is -0.280. The van der Waals surface area contributed by atoms with Crippen molar-refractivity contribution in [1.29, 1.82) is 0 Å². The maximum absolute atomic E-state index is 13.2. The number of aryl methyl sites for hydroxylation is 2. The van der Waals surface area contributed by atoms with Crippen LogP contribution >= 0.6 is 0 Å². The highest BCUT2D eigenvalue weighted by Gasteiger charge is 2.18. The topological polar surface area (TPSA) is 78.0 Å². The highest BCUT2D eigenvalue weighted by molar-refractivity contribution is 6.10. The number of para-hydroxylation sites is 1. The smallest absolute Gasteiger partial charge is 0.200 e. The first kappa shape index (κ1) is 18.6. The number of carbonyl (C=O) groups excluding carboxylic acids is 1. The Hall–Kier alpha value is -3.73. The third-order valence-corrected chi connectivity index (χ3v) is 5.16. The Labute approximate surface area is 168 Å². The molecule has 4 aromatic rings. The summed E-state index contributed by atoms with van der Waals surface area (Å²) in [4.78, 5) is 30.6. The lowest BCUT2D eigenvalue weighted by Gasteiger charge is -2.13. The summed E-state index contributed by atoms with van der Waals surface area (Å²) in [5.41, 5.74) is 9.82. The Balaban J connectivity index is 1.88. The first-order chi connectivity index (χ1) is 13.9. The molecule has 0 atom stereocenters. The maximum Gasteiger partial charge on any atom is 0.200 e. The number of aromatic nitrogens is 2. The van der Waals surface area contributed by atoms with Crippen LogP contribution in [0, 0.1) is 13.8 Å². The minimum Gasteiger partial charge on any atom is -0.384 e. The van der Waals surface area contributed by atoms with Gasteiger partial charge >= 0.3 is 0 Å². The number of nitrogen functional groups attached to an aromatic ring is 1. The Morgan fingerprint density at radius 2 is 1.79 bits per heavy atom. The molecule has 0 saturated heterocycles. The van der Waals surface area contributed by atoms with Gasteiger partial charge in [0.15, 0.2) is 5.78 Å². The van der Waals surface area contributed by atoms with Gasteiger partial charge in [-0.3, -0.25) is 9.59 Å². The summed E-state index contributed by atoms with van der Waals surface area (Å²) < 4.78 is 1.88. The number of ketones is 1. The minimum absolute atomic E-state index is 0.149. The van der Waals surface area contributed by atoms with Gasteiger partial charge in [-0.25, -0.2) is 4.98 Å². The largest absolute Gasteiger partial charge is 0.384 e. The van der Waals surface area contributed by atoms with Gasteiger partial charge in [-0.05, 0) is 55.3 Å². The standard InChI is InChI=1S/C24H21N3O2/c1-15-10-11-17(12-16(15)2)23(28)20-14-27(13-18-6-5-9-22(25)26-18)21-8-4-3-7-19(21)24(20)29/h3-12,14H,13H2,1-2H3,(H2,25,26). The predicted octanol–water partition coefficient (Wildman–Crippen LogP) is 3.87. The second-order valence-electron chi connectivity index (χ2n) is 7.20. The van der Waals surface area contributed by atoms with E-state index in [0.717, 1.165) is 22.3 Å². The fourth-order valence-electron chi connectivity index (χ4n) is 3.44. The van der Waals surface area contributed by atoms with E-state index in [4.69, 9.17) is 5.73 Å². The van der Waals surface area contributed by atoms with Gasteiger partial charge in [0.25, 0.3) is 0 Å². The molecule has 2 aromatic heterocycles. The van der Waals surface area contributed by atoms with Crippen LogP contribution in [-0.4, -0.2) is 15.3 Å². The zero-order valence-electron chi connectivity index (χ0n) is 16.3. The summed E-state index contributed by atoms with van der Waals surface area (Å²) in [6.45, 7) is 4.35. The number of nitrogens with zero attached hydrogens (tertiary/aromatic N) is 2. The Kier molecular flexibility index (Phi) is 4.72. The number of benzene rings is 2. The Morgan fingerprint density at radius 3 is 2.55 bits per heavy atom. The third-order valence-electron chi connectivity index (χ3n) is 5.16. The van der Waals surface area contributed by atoms with E-state index in [0.29, 0.717) is 23.3 Å².